The van der Waals surface area contributed by atoms with E-state index in [0.29, 0.717) is 0 Å². The molecule has 2 nitrogen and oxygen atoms in total. The molecule has 0 atom stereocenters. The van der Waals surface area contributed by atoms with Gasteiger partial charge in [0.25, 0.3) is 0 Å². The Morgan fingerprint density at radius 3 is 2.18 bits per heavy atom. The van der Waals surface area contributed by atoms with Crippen molar-refractivity contribution in [2.24, 2.45) is 0 Å². The van der Waals surface area contributed by atoms with E-state index >= 15 is 0 Å². The van der Waals surface area contributed by atoms with Crippen molar-refractivity contribution < 1.29 is 9.59 Å². The van der Waals surface area contributed by atoms with Gasteiger partial charge in [0.1, 0.15) is 0 Å². The first-order valence-corrected chi connectivity index (χ1v) is 3.54. The molecule has 0 rings (SSSR count). The molecule has 60 valence electrons. The van der Waals surface area contributed by atoms with Gasteiger partial charge in [-0.05, 0) is 29.6 Å². The highest BCUT2D eigenvalue weighted by Crippen LogP contribution is 2.07. The molecule has 0 spiro atoms. The summed E-state index contributed by atoms with van der Waals surface area (Å²) in [6, 6.07) is 0. The number of carbonyl (C=O) groups excluding carboxylic acids is 2. The van der Waals surface area contributed by atoms with Crippen LogP contribution in [0.5, 0.6) is 0 Å². The van der Waals surface area contributed by atoms with Crippen LogP contribution >= 0.6 is 23.2 Å². The average molecular weight is 193 g/mol. The predicted molar refractivity (Wildman–Crippen MR) is 44.6 cm³/mol. The molecule has 0 bridgehead atoms. The van der Waals surface area contributed by atoms with Gasteiger partial charge in [-0.15, -0.1) is 6.58 Å². The Bertz CT molecular complexity index is 218. The van der Waals surface area contributed by atoms with Crippen LogP contribution in [0.3, 0.4) is 0 Å². The van der Waals surface area contributed by atoms with Crippen molar-refractivity contribution in [3.8, 4) is 0 Å². The summed E-state index contributed by atoms with van der Waals surface area (Å²) in [6.07, 6.45) is 2.70. The first-order valence-electron chi connectivity index (χ1n) is 2.78. The SMILES string of the molecule is C=CC/C(=C\C(=O)Cl)C(=O)Cl. The molecule has 0 aliphatic carbocycles. The van der Waals surface area contributed by atoms with Crippen molar-refractivity contribution in [3.63, 3.8) is 0 Å². The highest BCUT2D eigenvalue weighted by Gasteiger charge is 2.04. The Labute approximate surface area is 74.5 Å². The second-order valence-corrected chi connectivity index (χ2v) is 2.46. The normalized spacial score (nSPS) is 10.9. The zero-order valence-electron chi connectivity index (χ0n) is 5.64. The maximum Gasteiger partial charge on any atom is 0.248 e. The molecular weight excluding hydrogens is 187 g/mol. The van der Waals surface area contributed by atoms with Crippen LogP contribution in [0.1, 0.15) is 6.42 Å². The van der Waals surface area contributed by atoms with Crippen molar-refractivity contribution in [2.45, 2.75) is 6.42 Å². The summed E-state index contributed by atoms with van der Waals surface area (Å²) in [7, 11) is 0. The molecule has 0 aliphatic heterocycles. The van der Waals surface area contributed by atoms with E-state index in [4.69, 9.17) is 23.2 Å². The lowest BCUT2D eigenvalue weighted by Gasteiger charge is -1.93. The number of halogens is 2. The number of carbonyl (C=O) groups is 2. The van der Waals surface area contributed by atoms with Crippen LogP contribution in [0.2, 0.25) is 0 Å². The zero-order valence-corrected chi connectivity index (χ0v) is 7.15. The van der Waals surface area contributed by atoms with Crippen molar-refractivity contribution in [1.29, 1.82) is 0 Å². The Balaban J connectivity index is 4.44. The van der Waals surface area contributed by atoms with Gasteiger partial charge in [-0.25, -0.2) is 0 Å². The van der Waals surface area contributed by atoms with Crippen LogP contribution < -0.4 is 0 Å². The second-order valence-electron chi connectivity index (χ2n) is 1.74. The standard InChI is InChI=1S/C7H6Cl2O2/c1-2-3-5(7(9)11)4-6(8)10/h2,4H,1,3H2/b5-4+. The Hall–Kier alpha value is -0.600. The molecule has 0 aromatic carbocycles. The Kier molecular flexibility index (Phi) is 4.83. The number of allylic oxidation sites excluding steroid dienone is 3. The minimum absolute atomic E-state index is 0.154. The third kappa shape index (κ3) is 4.76. The topological polar surface area (TPSA) is 34.1 Å². The van der Waals surface area contributed by atoms with Crippen LogP contribution in [-0.2, 0) is 9.59 Å². The van der Waals surface area contributed by atoms with Crippen LogP contribution in [0.25, 0.3) is 0 Å². The maximum absolute atomic E-state index is 10.5. The number of rotatable bonds is 4. The first-order chi connectivity index (χ1) is 5.07. The smallest absolute Gasteiger partial charge is 0.248 e. The monoisotopic (exact) mass is 192 g/mol. The summed E-state index contributed by atoms with van der Waals surface area (Å²) in [5, 5.41) is -1.39. The molecule has 0 N–H and O–H groups in total. The van der Waals surface area contributed by atoms with E-state index < -0.39 is 10.5 Å². The van der Waals surface area contributed by atoms with E-state index in [9.17, 15) is 9.59 Å². The Morgan fingerprint density at radius 1 is 1.36 bits per heavy atom. The third-order valence-corrected chi connectivity index (χ3v) is 1.26. The molecule has 0 saturated carbocycles. The number of hydrogen-bond donors (Lipinski definition) is 0. The fraction of sp³-hybridized carbons (Fsp3) is 0.143. The molecule has 0 fully saturated rings. The molecule has 0 aromatic heterocycles. The Morgan fingerprint density at radius 2 is 1.91 bits per heavy atom. The van der Waals surface area contributed by atoms with Gasteiger partial charge in [0, 0.05) is 11.6 Å². The fourth-order valence-corrected chi connectivity index (χ4v) is 0.752. The van der Waals surface area contributed by atoms with Gasteiger partial charge < -0.3 is 0 Å². The molecule has 11 heavy (non-hydrogen) atoms. The lowest BCUT2D eigenvalue weighted by atomic mass is 10.2. The summed E-state index contributed by atoms with van der Waals surface area (Å²) in [4.78, 5) is 20.8. The minimum Gasteiger partial charge on any atom is -0.276 e. The summed E-state index contributed by atoms with van der Waals surface area (Å²) in [5.41, 5.74) is 0.154. The quantitative estimate of drug-likeness (QED) is 0.388. The highest BCUT2D eigenvalue weighted by atomic mass is 35.5. The summed E-state index contributed by atoms with van der Waals surface area (Å²) in [5.74, 6) is 0. The molecule has 0 aromatic rings. The van der Waals surface area contributed by atoms with Crippen LogP contribution in [0, 0.1) is 0 Å². The largest absolute Gasteiger partial charge is 0.276 e. The van der Waals surface area contributed by atoms with E-state index in [1.54, 1.807) is 0 Å². The molecule has 0 amide bonds. The maximum atomic E-state index is 10.5. The minimum atomic E-state index is -0.712. The third-order valence-electron chi connectivity index (χ3n) is 0.904. The van der Waals surface area contributed by atoms with Crippen molar-refractivity contribution in [3.05, 3.63) is 24.3 Å². The van der Waals surface area contributed by atoms with E-state index in [1.807, 2.05) is 0 Å². The fourth-order valence-electron chi connectivity index (χ4n) is 0.488. The van der Waals surface area contributed by atoms with Gasteiger partial charge in [0.2, 0.25) is 10.5 Å². The summed E-state index contributed by atoms with van der Waals surface area (Å²) in [6.45, 7) is 3.38. The average Bonchev–Trinajstić information content (AvgIpc) is 1.86. The van der Waals surface area contributed by atoms with Crippen LogP contribution in [-0.4, -0.2) is 10.5 Å². The van der Waals surface area contributed by atoms with Gasteiger partial charge in [-0.3, -0.25) is 9.59 Å². The van der Waals surface area contributed by atoms with E-state index in [1.165, 1.54) is 6.08 Å². The molecule has 4 heteroatoms. The summed E-state index contributed by atoms with van der Waals surface area (Å²) < 4.78 is 0. The van der Waals surface area contributed by atoms with Gasteiger partial charge in [-0.2, -0.15) is 0 Å². The van der Waals surface area contributed by atoms with Gasteiger partial charge in [0.05, 0.1) is 0 Å². The summed E-state index contributed by atoms with van der Waals surface area (Å²) >= 11 is 10.1. The van der Waals surface area contributed by atoms with Gasteiger partial charge in [-0.1, -0.05) is 6.08 Å². The van der Waals surface area contributed by atoms with Crippen molar-refractivity contribution in [1.82, 2.24) is 0 Å². The lowest BCUT2D eigenvalue weighted by molar-refractivity contribution is -0.110. The van der Waals surface area contributed by atoms with Crippen molar-refractivity contribution >= 4 is 33.7 Å². The number of hydrogen-bond acceptors (Lipinski definition) is 2. The zero-order chi connectivity index (χ0) is 8.85. The van der Waals surface area contributed by atoms with Crippen molar-refractivity contribution in [2.75, 3.05) is 0 Å². The van der Waals surface area contributed by atoms with E-state index in [-0.39, 0.29) is 12.0 Å². The van der Waals surface area contributed by atoms with Gasteiger partial charge in [0.15, 0.2) is 0 Å². The van der Waals surface area contributed by atoms with E-state index in [2.05, 4.69) is 6.58 Å². The molecule has 0 saturated heterocycles. The lowest BCUT2D eigenvalue weighted by Crippen LogP contribution is -1.94. The molecule has 0 radical (unpaired) electrons. The highest BCUT2D eigenvalue weighted by molar-refractivity contribution is 6.70. The van der Waals surface area contributed by atoms with Gasteiger partial charge >= 0.3 is 0 Å². The molecular formula is C7H6Cl2O2. The molecule has 0 unspecified atom stereocenters. The molecule has 0 heterocycles. The predicted octanol–water partition coefficient (Wildman–Crippen LogP) is 2.02. The molecule has 0 aliphatic rings. The van der Waals surface area contributed by atoms with Crippen LogP contribution in [0.15, 0.2) is 24.3 Å². The van der Waals surface area contributed by atoms with E-state index in [0.717, 1.165) is 6.08 Å². The van der Waals surface area contributed by atoms with Crippen LogP contribution in [0.4, 0.5) is 0 Å². The second kappa shape index (κ2) is 5.10. The first kappa shape index (κ1) is 10.4.